The van der Waals surface area contributed by atoms with Gasteiger partial charge in [-0.3, -0.25) is 9.78 Å². The SMILES string of the molecule is CC(=O)/C=C(/C)O.Cc1[c-]c(-c2ccc3ccc(CC(C)C)cc3n2)cc(C)c1.[Ir]. The van der Waals surface area contributed by atoms with Gasteiger partial charge in [0, 0.05) is 26.2 Å². The van der Waals surface area contributed by atoms with Crippen molar-refractivity contribution in [2.24, 2.45) is 5.92 Å². The van der Waals surface area contributed by atoms with Crippen LogP contribution in [0.15, 0.2) is 54.3 Å². The summed E-state index contributed by atoms with van der Waals surface area (Å²) in [5, 5.41) is 9.56. The molecule has 0 saturated carbocycles. The van der Waals surface area contributed by atoms with Crippen LogP contribution in [0.4, 0.5) is 0 Å². The van der Waals surface area contributed by atoms with Gasteiger partial charge in [0.25, 0.3) is 0 Å². The Morgan fingerprint density at radius 3 is 2.30 bits per heavy atom. The summed E-state index contributed by atoms with van der Waals surface area (Å²) in [5.41, 5.74) is 6.92. The Bertz CT molecular complexity index is 1010. The van der Waals surface area contributed by atoms with Gasteiger partial charge in [-0.25, -0.2) is 0 Å². The number of carbonyl (C=O) groups excluding carboxylic acids is 1. The third kappa shape index (κ3) is 8.22. The van der Waals surface area contributed by atoms with Crippen molar-refractivity contribution in [3.63, 3.8) is 0 Å². The summed E-state index contributed by atoms with van der Waals surface area (Å²) in [5.74, 6) is 0.598. The van der Waals surface area contributed by atoms with Gasteiger partial charge in [-0.05, 0) is 48.9 Å². The minimum atomic E-state index is -0.125. The number of aromatic nitrogens is 1. The van der Waals surface area contributed by atoms with Crippen LogP contribution in [0, 0.1) is 25.8 Å². The third-order valence-corrected chi connectivity index (χ3v) is 4.24. The van der Waals surface area contributed by atoms with E-state index in [1.165, 1.54) is 36.4 Å². The van der Waals surface area contributed by atoms with E-state index in [2.05, 4.69) is 76.2 Å². The molecule has 0 fully saturated rings. The molecule has 3 aromatic rings. The van der Waals surface area contributed by atoms with Gasteiger partial charge < -0.3 is 5.11 Å². The van der Waals surface area contributed by atoms with Gasteiger partial charge in [-0.2, -0.15) is 0 Å². The molecule has 1 radical (unpaired) electrons. The van der Waals surface area contributed by atoms with Crippen LogP contribution in [0.25, 0.3) is 22.2 Å². The fourth-order valence-corrected chi connectivity index (χ4v) is 3.24. The fourth-order valence-electron chi connectivity index (χ4n) is 3.24. The Morgan fingerprint density at radius 2 is 1.77 bits per heavy atom. The second-order valence-corrected chi connectivity index (χ2v) is 7.97. The first kappa shape index (κ1) is 25.7. The molecular formula is C26H30IrNO2-. The smallest absolute Gasteiger partial charge is 0.155 e. The Hall–Kier alpha value is -2.29. The monoisotopic (exact) mass is 581 g/mol. The number of nitrogens with zero attached hydrogens (tertiary/aromatic N) is 1. The Kier molecular flexibility index (Phi) is 10.1. The van der Waals surface area contributed by atoms with E-state index in [0.717, 1.165) is 28.8 Å². The predicted octanol–water partition coefficient (Wildman–Crippen LogP) is 6.55. The van der Waals surface area contributed by atoms with E-state index in [1.54, 1.807) is 0 Å². The minimum Gasteiger partial charge on any atom is -0.512 e. The van der Waals surface area contributed by atoms with Crippen molar-refractivity contribution in [3.8, 4) is 11.3 Å². The van der Waals surface area contributed by atoms with Crippen molar-refractivity contribution in [3.05, 3.63) is 77.1 Å². The zero-order chi connectivity index (χ0) is 21.6. The number of pyridine rings is 1. The van der Waals surface area contributed by atoms with Crippen LogP contribution in [0.5, 0.6) is 0 Å². The molecule has 1 N–H and O–H groups in total. The predicted molar refractivity (Wildman–Crippen MR) is 121 cm³/mol. The molecule has 0 unspecified atom stereocenters. The number of aliphatic hydroxyl groups is 1. The molecule has 1 heterocycles. The fraction of sp³-hybridized carbons (Fsp3) is 0.308. The number of fused-ring (bicyclic) bond motifs is 1. The maximum atomic E-state index is 10.0. The van der Waals surface area contributed by atoms with Crippen molar-refractivity contribution >= 4 is 16.7 Å². The summed E-state index contributed by atoms with van der Waals surface area (Å²) >= 11 is 0. The summed E-state index contributed by atoms with van der Waals surface area (Å²) in [6, 6.07) is 18.6. The number of rotatable bonds is 4. The van der Waals surface area contributed by atoms with Crippen LogP contribution in [-0.2, 0) is 31.3 Å². The van der Waals surface area contributed by atoms with E-state index < -0.39 is 0 Å². The molecule has 3 nitrogen and oxygen atoms in total. The largest absolute Gasteiger partial charge is 0.512 e. The summed E-state index contributed by atoms with van der Waals surface area (Å²) in [4.78, 5) is 14.9. The van der Waals surface area contributed by atoms with Crippen molar-refractivity contribution in [1.82, 2.24) is 4.98 Å². The van der Waals surface area contributed by atoms with E-state index in [-0.39, 0.29) is 31.6 Å². The molecule has 0 bridgehead atoms. The second-order valence-electron chi connectivity index (χ2n) is 7.97. The summed E-state index contributed by atoms with van der Waals surface area (Å²) in [6.07, 6.45) is 2.26. The molecule has 4 heteroatoms. The van der Waals surface area contributed by atoms with Gasteiger partial charge in [-0.15, -0.1) is 34.9 Å². The number of allylic oxidation sites excluding steroid dienone is 2. The third-order valence-electron chi connectivity index (χ3n) is 4.24. The normalized spacial score (nSPS) is 11.0. The molecule has 0 aliphatic heterocycles. The molecule has 30 heavy (non-hydrogen) atoms. The van der Waals surface area contributed by atoms with Crippen LogP contribution >= 0.6 is 0 Å². The average Bonchev–Trinajstić information content (AvgIpc) is 2.59. The molecule has 0 aliphatic rings. The van der Waals surface area contributed by atoms with E-state index in [1.807, 2.05) is 0 Å². The molecule has 0 amide bonds. The summed E-state index contributed by atoms with van der Waals surface area (Å²) in [7, 11) is 0. The molecule has 0 spiro atoms. The molecule has 0 saturated heterocycles. The standard InChI is InChI=1S/C21H22N.C5H8O2.Ir/c1-14(2)9-17-5-6-18-7-8-20(22-21(18)13-17)19-11-15(3)10-16(4)12-19;1-4(6)3-5(2)7;/h5-8,10-11,13-14H,9H2,1-4H3;3,6H,1-2H3;/q-1;;/b;4-3-;. The van der Waals surface area contributed by atoms with Gasteiger partial charge in [0.15, 0.2) is 5.78 Å². The topological polar surface area (TPSA) is 50.2 Å². The molecular weight excluding hydrogens is 551 g/mol. The van der Waals surface area contributed by atoms with Crippen LogP contribution in [-0.4, -0.2) is 15.9 Å². The molecule has 161 valence electrons. The molecule has 0 atom stereocenters. The van der Waals surface area contributed by atoms with E-state index in [9.17, 15) is 4.79 Å². The molecule has 3 rings (SSSR count). The number of carbonyl (C=O) groups is 1. The number of ketones is 1. The summed E-state index contributed by atoms with van der Waals surface area (Å²) < 4.78 is 0. The van der Waals surface area contributed by atoms with Crippen molar-refractivity contribution in [2.75, 3.05) is 0 Å². The van der Waals surface area contributed by atoms with Crippen molar-refractivity contribution in [1.29, 1.82) is 0 Å². The minimum absolute atomic E-state index is 0. The zero-order valence-corrected chi connectivity index (χ0v) is 20.9. The van der Waals surface area contributed by atoms with Crippen LogP contribution in [0.1, 0.15) is 44.4 Å². The van der Waals surface area contributed by atoms with E-state index in [4.69, 9.17) is 10.1 Å². The average molecular weight is 581 g/mol. The Morgan fingerprint density at radius 1 is 1.10 bits per heavy atom. The summed E-state index contributed by atoms with van der Waals surface area (Å²) in [6.45, 7) is 11.5. The first-order valence-corrected chi connectivity index (χ1v) is 9.92. The van der Waals surface area contributed by atoms with Gasteiger partial charge in [0.05, 0.1) is 11.3 Å². The number of hydrogen-bond acceptors (Lipinski definition) is 3. The first-order valence-electron chi connectivity index (χ1n) is 9.92. The first-order chi connectivity index (χ1) is 13.6. The number of hydrogen-bond donors (Lipinski definition) is 1. The number of benzene rings is 2. The zero-order valence-electron chi connectivity index (χ0n) is 18.5. The van der Waals surface area contributed by atoms with E-state index >= 15 is 0 Å². The van der Waals surface area contributed by atoms with Crippen LogP contribution in [0.2, 0.25) is 0 Å². The molecule has 2 aromatic carbocycles. The van der Waals surface area contributed by atoms with Crippen LogP contribution in [0.3, 0.4) is 0 Å². The molecule has 1 aromatic heterocycles. The quantitative estimate of drug-likeness (QED) is 0.216. The van der Waals surface area contributed by atoms with Gasteiger partial charge >= 0.3 is 0 Å². The molecule has 0 aliphatic carbocycles. The maximum Gasteiger partial charge on any atom is 0.155 e. The van der Waals surface area contributed by atoms with Gasteiger partial charge in [0.1, 0.15) is 0 Å². The van der Waals surface area contributed by atoms with Crippen LogP contribution < -0.4 is 0 Å². The van der Waals surface area contributed by atoms with E-state index in [0.29, 0.717) is 5.92 Å². The Balaban J connectivity index is 0.000000489. The number of aliphatic hydroxyl groups excluding tert-OH is 1. The maximum absolute atomic E-state index is 10.0. The van der Waals surface area contributed by atoms with Gasteiger partial charge in [-0.1, -0.05) is 52.0 Å². The van der Waals surface area contributed by atoms with Crippen molar-refractivity contribution < 1.29 is 30.0 Å². The number of aryl methyl sites for hydroxylation is 2. The van der Waals surface area contributed by atoms with Gasteiger partial charge in [0.2, 0.25) is 0 Å². The second kappa shape index (κ2) is 11.8. The Labute approximate surface area is 193 Å². The van der Waals surface area contributed by atoms with Crippen molar-refractivity contribution in [2.45, 2.75) is 48.0 Å².